The maximum Gasteiger partial charge on any atom is 0.321 e. The minimum Gasteiger partial charge on any atom is -0.497 e. The number of anilines is 1. The van der Waals surface area contributed by atoms with E-state index in [1.54, 1.807) is 7.11 Å². The van der Waals surface area contributed by atoms with Crippen LogP contribution in [0.4, 0.5) is 9.93 Å². The van der Waals surface area contributed by atoms with Gasteiger partial charge in [0.05, 0.1) is 12.8 Å². The molecule has 1 aromatic heterocycles. The summed E-state index contributed by atoms with van der Waals surface area (Å²) < 4.78 is 5.22. The number of carbonyl (C=O) groups excluding carboxylic acids is 1. The second-order valence-electron chi connectivity index (χ2n) is 6.93. The second-order valence-corrected chi connectivity index (χ2v) is 7.79. The number of aromatic nitrogens is 1. The highest BCUT2D eigenvalue weighted by atomic mass is 32.1. The fraction of sp³-hybridized carbons (Fsp3) is 0.474. The first kappa shape index (κ1) is 20.2. The van der Waals surface area contributed by atoms with Crippen LogP contribution in [0.15, 0.2) is 29.6 Å². The van der Waals surface area contributed by atoms with E-state index in [0.717, 1.165) is 30.0 Å². The van der Waals surface area contributed by atoms with Crippen molar-refractivity contribution < 1.29 is 9.53 Å². The third-order valence-corrected chi connectivity index (χ3v) is 5.00. The van der Waals surface area contributed by atoms with Crippen molar-refractivity contribution in [2.24, 2.45) is 0 Å². The molecular formula is C19H28N4O2S. The number of hydrogen-bond acceptors (Lipinski definition) is 5. The van der Waals surface area contributed by atoms with Crippen LogP contribution in [0.5, 0.6) is 5.75 Å². The fourth-order valence-corrected chi connectivity index (χ4v) is 3.39. The quantitative estimate of drug-likeness (QED) is 0.692. The maximum absolute atomic E-state index is 12.0. The lowest BCUT2D eigenvalue weighted by Crippen LogP contribution is -2.31. The molecule has 0 fully saturated rings. The molecule has 2 rings (SSSR count). The Labute approximate surface area is 159 Å². The van der Waals surface area contributed by atoms with Gasteiger partial charge in [0, 0.05) is 17.3 Å². The predicted molar refractivity (Wildman–Crippen MR) is 107 cm³/mol. The molecule has 1 heterocycles. The molecule has 2 amide bonds. The molecule has 6 nitrogen and oxygen atoms in total. The van der Waals surface area contributed by atoms with Gasteiger partial charge in [0.1, 0.15) is 5.75 Å². The zero-order valence-corrected chi connectivity index (χ0v) is 16.9. The molecule has 2 aromatic rings. The number of amides is 2. The number of nitrogens with one attached hydrogen (secondary N) is 2. The standard InChI is InChI=1S/C19H28N4O2S/c1-19(2,14-7-9-15(25-5)10-8-14)16-13-26-18(21-16)22-17(24)20-11-6-12-23(3)4/h7-10,13H,6,11-12H2,1-5H3,(H2,20,21,22,24). The number of hydrogen-bond donors (Lipinski definition) is 2. The summed E-state index contributed by atoms with van der Waals surface area (Å²) in [6.07, 6.45) is 0.911. The largest absolute Gasteiger partial charge is 0.497 e. The Balaban J connectivity index is 1.96. The number of benzene rings is 1. The Morgan fingerprint density at radius 3 is 2.58 bits per heavy atom. The van der Waals surface area contributed by atoms with E-state index in [1.165, 1.54) is 11.3 Å². The topological polar surface area (TPSA) is 66.5 Å². The van der Waals surface area contributed by atoms with Gasteiger partial charge in [-0.25, -0.2) is 9.78 Å². The van der Waals surface area contributed by atoms with Gasteiger partial charge in [-0.1, -0.05) is 26.0 Å². The summed E-state index contributed by atoms with van der Waals surface area (Å²) in [5, 5.41) is 8.27. The molecule has 0 saturated heterocycles. The van der Waals surface area contributed by atoms with Crippen LogP contribution < -0.4 is 15.4 Å². The summed E-state index contributed by atoms with van der Waals surface area (Å²) >= 11 is 1.44. The Morgan fingerprint density at radius 1 is 1.27 bits per heavy atom. The minimum absolute atomic E-state index is 0.216. The van der Waals surface area contributed by atoms with E-state index < -0.39 is 0 Å². The van der Waals surface area contributed by atoms with Crippen molar-refractivity contribution in [3.8, 4) is 5.75 Å². The minimum atomic E-state index is -0.259. The molecule has 0 bridgehead atoms. The highest BCUT2D eigenvalue weighted by molar-refractivity contribution is 7.13. The first-order chi connectivity index (χ1) is 12.3. The molecule has 0 spiro atoms. The number of thiazole rings is 1. The van der Waals surface area contributed by atoms with Gasteiger partial charge in [-0.05, 0) is 44.8 Å². The van der Waals surface area contributed by atoms with Crippen LogP contribution in [0, 0.1) is 0 Å². The summed E-state index contributed by atoms with van der Waals surface area (Å²) in [6.45, 7) is 5.82. The number of rotatable bonds is 8. The molecule has 0 aliphatic rings. The van der Waals surface area contributed by atoms with Crippen molar-refractivity contribution in [3.63, 3.8) is 0 Å². The Morgan fingerprint density at radius 2 is 1.96 bits per heavy atom. The Kier molecular flexibility index (Phi) is 6.99. The number of urea groups is 1. The predicted octanol–water partition coefficient (Wildman–Crippen LogP) is 3.55. The van der Waals surface area contributed by atoms with Crippen molar-refractivity contribution in [2.45, 2.75) is 25.7 Å². The summed E-state index contributed by atoms with van der Waals surface area (Å²) in [7, 11) is 5.69. The lowest BCUT2D eigenvalue weighted by molar-refractivity contribution is 0.251. The lowest BCUT2D eigenvalue weighted by Gasteiger charge is -2.23. The van der Waals surface area contributed by atoms with Gasteiger partial charge in [-0.3, -0.25) is 5.32 Å². The molecule has 142 valence electrons. The van der Waals surface area contributed by atoms with Crippen molar-refractivity contribution in [2.75, 3.05) is 39.6 Å². The van der Waals surface area contributed by atoms with Crippen LogP contribution in [0.25, 0.3) is 0 Å². The van der Waals surface area contributed by atoms with Gasteiger partial charge < -0.3 is 15.0 Å². The van der Waals surface area contributed by atoms with Gasteiger partial charge in [-0.15, -0.1) is 11.3 Å². The number of nitrogens with zero attached hydrogens (tertiary/aromatic N) is 2. The number of methoxy groups -OCH3 is 1. The highest BCUT2D eigenvalue weighted by Gasteiger charge is 2.26. The summed E-state index contributed by atoms with van der Waals surface area (Å²) in [6, 6.07) is 7.77. The SMILES string of the molecule is COc1ccc(C(C)(C)c2csc(NC(=O)NCCCN(C)C)n2)cc1. The molecule has 0 radical (unpaired) electrons. The first-order valence-corrected chi connectivity index (χ1v) is 9.51. The van der Waals surface area contributed by atoms with Crippen LogP contribution in [0.2, 0.25) is 0 Å². The van der Waals surface area contributed by atoms with Crippen LogP contribution in [0.1, 0.15) is 31.5 Å². The van der Waals surface area contributed by atoms with E-state index in [2.05, 4.69) is 34.4 Å². The van der Waals surface area contributed by atoms with Crippen molar-refractivity contribution in [1.29, 1.82) is 0 Å². The van der Waals surface area contributed by atoms with Crippen LogP contribution in [-0.2, 0) is 5.41 Å². The summed E-state index contributed by atoms with van der Waals surface area (Å²) in [5.74, 6) is 0.830. The second kappa shape index (κ2) is 9.00. The van der Waals surface area contributed by atoms with Gasteiger partial charge in [0.25, 0.3) is 0 Å². The van der Waals surface area contributed by atoms with Gasteiger partial charge in [-0.2, -0.15) is 0 Å². The zero-order chi connectivity index (χ0) is 19.2. The number of ether oxygens (including phenoxy) is 1. The third-order valence-electron chi connectivity index (χ3n) is 4.24. The molecule has 26 heavy (non-hydrogen) atoms. The lowest BCUT2D eigenvalue weighted by atomic mass is 9.82. The smallest absolute Gasteiger partial charge is 0.321 e. The molecule has 2 N–H and O–H groups in total. The molecule has 0 unspecified atom stereocenters. The summed E-state index contributed by atoms with van der Waals surface area (Å²) in [4.78, 5) is 18.7. The van der Waals surface area contributed by atoms with E-state index >= 15 is 0 Å². The monoisotopic (exact) mass is 376 g/mol. The fourth-order valence-electron chi connectivity index (χ4n) is 2.51. The van der Waals surface area contributed by atoms with Gasteiger partial charge in [0.15, 0.2) is 5.13 Å². The first-order valence-electron chi connectivity index (χ1n) is 8.63. The van der Waals surface area contributed by atoms with Crippen molar-refractivity contribution in [1.82, 2.24) is 15.2 Å². The van der Waals surface area contributed by atoms with Gasteiger partial charge >= 0.3 is 6.03 Å². The maximum atomic E-state index is 12.0. The van der Waals surface area contributed by atoms with Crippen LogP contribution in [-0.4, -0.2) is 50.2 Å². The average Bonchev–Trinajstić information content (AvgIpc) is 3.08. The van der Waals surface area contributed by atoms with E-state index in [9.17, 15) is 4.79 Å². The number of carbonyl (C=O) groups is 1. The molecular weight excluding hydrogens is 348 g/mol. The zero-order valence-electron chi connectivity index (χ0n) is 16.1. The van der Waals surface area contributed by atoms with Crippen LogP contribution >= 0.6 is 11.3 Å². The van der Waals surface area contributed by atoms with E-state index in [4.69, 9.17) is 4.74 Å². The van der Waals surface area contributed by atoms with Crippen molar-refractivity contribution >= 4 is 22.5 Å². The van der Waals surface area contributed by atoms with E-state index in [-0.39, 0.29) is 11.4 Å². The molecule has 0 saturated carbocycles. The molecule has 0 atom stereocenters. The molecule has 0 aliphatic heterocycles. The van der Waals surface area contributed by atoms with Crippen molar-refractivity contribution in [3.05, 3.63) is 40.9 Å². The molecule has 0 aliphatic carbocycles. The summed E-state index contributed by atoms with van der Waals surface area (Å²) in [5.41, 5.74) is 1.81. The Bertz CT molecular complexity index is 711. The highest BCUT2D eigenvalue weighted by Crippen LogP contribution is 2.34. The van der Waals surface area contributed by atoms with E-state index in [1.807, 2.05) is 43.7 Å². The Hall–Kier alpha value is -2.12. The normalized spacial score (nSPS) is 11.5. The molecule has 7 heteroatoms. The third kappa shape index (κ3) is 5.44. The van der Waals surface area contributed by atoms with Gasteiger partial charge in [0.2, 0.25) is 0 Å². The van der Waals surface area contributed by atoms with E-state index in [0.29, 0.717) is 11.7 Å². The van der Waals surface area contributed by atoms with Crippen LogP contribution in [0.3, 0.4) is 0 Å². The molecule has 1 aromatic carbocycles. The average molecular weight is 377 g/mol.